The van der Waals surface area contributed by atoms with Crippen molar-refractivity contribution in [3.8, 4) is 0 Å². The third-order valence-corrected chi connectivity index (χ3v) is 4.45. The highest BCUT2D eigenvalue weighted by atomic mass is 19.4. The number of amides is 2. The van der Waals surface area contributed by atoms with E-state index < -0.39 is 24.2 Å². The Bertz CT molecular complexity index is 488. The number of nitrogens with zero attached hydrogens (tertiary/aromatic N) is 1. The van der Waals surface area contributed by atoms with Crippen LogP contribution >= 0.6 is 0 Å². The van der Waals surface area contributed by atoms with Crippen LogP contribution in [0.2, 0.25) is 0 Å². The molecule has 1 fully saturated rings. The first kappa shape index (κ1) is 17.8. The van der Waals surface area contributed by atoms with E-state index in [1.54, 1.807) is 0 Å². The third-order valence-electron chi connectivity index (χ3n) is 4.45. The standard InChI is InChI=1S/C16H23F3N2O2/c1-11(22)20-13-7-8-14(16(17,18)19)21(10-13)15(23)9-12-5-3-2-4-6-12/h5,13-14H,2-4,6-10H2,1H3,(H,20,22)/t13-,14+/m0/s1. The minimum absolute atomic E-state index is 0.0549. The molecule has 2 amide bonds. The molecule has 1 aliphatic carbocycles. The summed E-state index contributed by atoms with van der Waals surface area (Å²) in [6.45, 7) is 1.25. The maximum atomic E-state index is 13.2. The van der Waals surface area contributed by atoms with Crippen LogP contribution in [0.1, 0.15) is 51.9 Å². The molecule has 0 radical (unpaired) electrons. The van der Waals surface area contributed by atoms with Gasteiger partial charge in [-0.2, -0.15) is 13.2 Å². The molecular weight excluding hydrogens is 309 g/mol. The molecule has 2 rings (SSSR count). The number of likely N-dealkylation sites (tertiary alicyclic amines) is 1. The second kappa shape index (κ2) is 7.36. The Morgan fingerprint density at radius 3 is 2.61 bits per heavy atom. The van der Waals surface area contributed by atoms with Gasteiger partial charge in [-0.15, -0.1) is 0 Å². The van der Waals surface area contributed by atoms with Crippen LogP contribution in [0.15, 0.2) is 11.6 Å². The highest BCUT2D eigenvalue weighted by Crippen LogP contribution is 2.33. The fourth-order valence-corrected chi connectivity index (χ4v) is 3.35. The summed E-state index contributed by atoms with van der Waals surface area (Å²) < 4.78 is 39.7. The zero-order valence-corrected chi connectivity index (χ0v) is 13.3. The molecule has 0 bridgehead atoms. The van der Waals surface area contributed by atoms with Gasteiger partial charge in [0.2, 0.25) is 11.8 Å². The average molecular weight is 332 g/mol. The van der Waals surface area contributed by atoms with Crippen molar-refractivity contribution in [2.45, 2.75) is 70.1 Å². The van der Waals surface area contributed by atoms with E-state index in [9.17, 15) is 22.8 Å². The van der Waals surface area contributed by atoms with Crippen LogP contribution in [0.25, 0.3) is 0 Å². The van der Waals surface area contributed by atoms with Crippen molar-refractivity contribution in [1.82, 2.24) is 10.2 Å². The molecule has 130 valence electrons. The SMILES string of the molecule is CC(=O)N[C@H]1CC[C@H](C(F)(F)F)N(C(=O)CC2=CCCCC2)C1. The van der Waals surface area contributed by atoms with E-state index in [1.807, 2.05) is 6.08 Å². The summed E-state index contributed by atoms with van der Waals surface area (Å²) in [5.74, 6) is -0.779. The van der Waals surface area contributed by atoms with E-state index in [0.717, 1.165) is 36.2 Å². The number of allylic oxidation sites excluding steroid dienone is 1. The Kier molecular flexibility index (Phi) is 5.70. The Hall–Kier alpha value is -1.53. The number of rotatable bonds is 3. The van der Waals surface area contributed by atoms with E-state index in [2.05, 4.69) is 5.32 Å². The third kappa shape index (κ3) is 4.97. The van der Waals surface area contributed by atoms with Crippen LogP contribution in [0.5, 0.6) is 0 Å². The molecule has 1 N–H and O–H groups in total. The van der Waals surface area contributed by atoms with E-state index in [0.29, 0.717) is 0 Å². The smallest absolute Gasteiger partial charge is 0.352 e. The van der Waals surface area contributed by atoms with Crippen molar-refractivity contribution >= 4 is 11.8 Å². The summed E-state index contributed by atoms with van der Waals surface area (Å²) in [6.07, 6.45) is 1.38. The van der Waals surface area contributed by atoms with Crippen molar-refractivity contribution in [1.29, 1.82) is 0 Å². The molecule has 2 atom stereocenters. The van der Waals surface area contributed by atoms with Crippen LogP contribution in [0.3, 0.4) is 0 Å². The molecule has 1 saturated heterocycles. The minimum atomic E-state index is -4.43. The lowest BCUT2D eigenvalue weighted by atomic mass is 9.94. The topological polar surface area (TPSA) is 49.4 Å². The molecule has 1 aliphatic heterocycles. The van der Waals surface area contributed by atoms with E-state index in [-0.39, 0.29) is 31.7 Å². The number of halogens is 3. The normalized spacial score (nSPS) is 25.7. The lowest BCUT2D eigenvalue weighted by molar-refractivity contribution is -0.197. The number of piperidine rings is 1. The van der Waals surface area contributed by atoms with Gasteiger partial charge >= 0.3 is 6.18 Å². The van der Waals surface area contributed by atoms with Crippen molar-refractivity contribution in [3.05, 3.63) is 11.6 Å². The van der Waals surface area contributed by atoms with Gasteiger partial charge in [0.1, 0.15) is 6.04 Å². The molecule has 0 unspecified atom stereocenters. The van der Waals surface area contributed by atoms with Crippen LogP contribution in [-0.4, -0.2) is 41.5 Å². The van der Waals surface area contributed by atoms with Crippen LogP contribution in [0.4, 0.5) is 13.2 Å². The van der Waals surface area contributed by atoms with Gasteiger partial charge in [-0.05, 0) is 38.5 Å². The number of hydrogen-bond donors (Lipinski definition) is 1. The predicted octanol–water partition coefficient (Wildman–Crippen LogP) is 2.93. The van der Waals surface area contributed by atoms with Gasteiger partial charge in [-0.3, -0.25) is 9.59 Å². The summed E-state index contributed by atoms with van der Waals surface area (Å²) in [7, 11) is 0. The second-order valence-corrected chi connectivity index (χ2v) is 6.36. The van der Waals surface area contributed by atoms with Gasteiger partial charge in [-0.25, -0.2) is 0 Å². The van der Waals surface area contributed by atoms with E-state index >= 15 is 0 Å². The maximum absolute atomic E-state index is 13.2. The summed E-state index contributed by atoms with van der Waals surface area (Å²) in [5.41, 5.74) is 0.934. The molecule has 4 nitrogen and oxygen atoms in total. The van der Waals surface area contributed by atoms with Crippen molar-refractivity contribution in [2.75, 3.05) is 6.54 Å². The highest BCUT2D eigenvalue weighted by molar-refractivity contribution is 5.79. The zero-order valence-electron chi connectivity index (χ0n) is 13.3. The molecule has 0 spiro atoms. The number of hydrogen-bond acceptors (Lipinski definition) is 2. The largest absolute Gasteiger partial charge is 0.408 e. The Morgan fingerprint density at radius 2 is 2.04 bits per heavy atom. The molecule has 0 aromatic carbocycles. The predicted molar refractivity (Wildman–Crippen MR) is 79.6 cm³/mol. The molecular formula is C16H23F3N2O2. The molecule has 23 heavy (non-hydrogen) atoms. The number of alkyl halides is 3. The van der Waals surface area contributed by atoms with Gasteiger partial charge in [0.25, 0.3) is 0 Å². The molecule has 0 saturated carbocycles. The van der Waals surface area contributed by atoms with Crippen LogP contribution < -0.4 is 5.32 Å². The molecule has 0 aromatic rings. The first-order chi connectivity index (χ1) is 10.8. The van der Waals surface area contributed by atoms with Crippen molar-refractivity contribution < 1.29 is 22.8 Å². The summed E-state index contributed by atoms with van der Waals surface area (Å²) >= 11 is 0. The molecule has 7 heteroatoms. The molecule has 2 aliphatic rings. The molecule has 1 heterocycles. The Morgan fingerprint density at radius 1 is 1.30 bits per heavy atom. The van der Waals surface area contributed by atoms with Gasteiger partial charge in [0, 0.05) is 25.9 Å². The lowest BCUT2D eigenvalue weighted by Crippen LogP contribution is -2.58. The van der Waals surface area contributed by atoms with E-state index in [4.69, 9.17) is 0 Å². The van der Waals surface area contributed by atoms with Crippen LogP contribution in [0, 0.1) is 0 Å². The van der Waals surface area contributed by atoms with Gasteiger partial charge in [-0.1, -0.05) is 11.6 Å². The fourth-order valence-electron chi connectivity index (χ4n) is 3.35. The van der Waals surface area contributed by atoms with Crippen molar-refractivity contribution in [3.63, 3.8) is 0 Å². The first-order valence-electron chi connectivity index (χ1n) is 8.08. The lowest BCUT2D eigenvalue weighted by Gasteiger charge is -2.40. The van der Waals surface area contributed by atoms with Gasteiger partial charge < -0.3 is 10.2 Å². The summed E-state index contributed by atoms with van der Waals surface area (Å²) in [4.78, 5) is 24.5. The zero-order chi connectivity index (χ0) is 17.0. The quantitative estimate of drug-likeness (QED) is 0.808. The van der Waals surface area contributed by atoms with Crippen molar-refractivity contribution in [2.24, 2.45) is 0 Å². The monoisotopic (exact) mass is 332 g/mol. The Balaban J connectivity index is 2.08. The van der Waals surface area contributed by atoms with Gasteiger partial charge in [0.15, 0.2) is 0 Å². The highest BCUT2D eigenvalue weighted by Gasteiger charge is 2.48. The van der Waals surface area contributed by atoms with E-state index in [1.165, 1.54) is 6.92 Å². The number of nitrogens with one attached hydrogen (secondary N) is 1. The number of carbonyl (C=O) groups excluding carboxylic acids is 2. The summed E-state index contributed by atoms with van der Waals surface area (Å²) in [5, 5.41) is 2.63. The maximum Gasteiger partial charge on any atom is 0.408 e. The Labute approximate surface area is 134 Å². The second-order valence-electron chi connectivity index (χ2n) is 6.36. The minimum Gasteiger partial charge on any atom is -0.352 e. The summed E-state index contributed by atoms with van der Waals surface area (Å²) in [6, 6.07) is -2.15. The van der Waals surface area contributed by atoms with Gasteiger partial charge in [0.05, 0.1) is 0 Å². The average Bonchev–Trinajstić information content (AvgIpc) is 2.46. The van der Waals surface area contributed by atoms with Crippen LogP contribution in [-0.2, 0) is 9.59 Å². The fraction of sp³-hybridized carbons (Fsp3) is 0.750. The number of carbonyl (C=O) groups is 2. The first-order valence-corrected chi connectivity index (χ1v) is 8.08. The molecule has 0 aromatic heterocycles.